The second-order valence-corrected chi connectivity index (χ2v) is 5.07. The van der Waals surface area contributed by atoms with E-state index in [2.05, 4.69) is 5.32 Å². The number of nitrogens with zero attached hydrogens (tertiary/aromatic N) is 1. The number of anilines is 2. The molecule has 0 saturated heterocycles. The summed E-state index contributed by atoms with van der Waals surface area (Å²) >= 11 is 0. The zero-order chi connectivity index (χ0) is 15.5. The Morgan fingerprint density at radius 2 is 2.05 bits per heavy atom. The Hall–Kier alpha value is -2.44. The van der Waals surface area contributed by atoms with Crippen molar-refractivity contribution in [1.82, 2.24) is 0 Å². The van der Waals surface area contributed by atoms with Crippen LogP contribution >= 0.6 is 0 Å². The molecule has 1 aromatic carbocycles. The summed E-state index contributed by atoms with van der Waals surface area (Å²) in [6.07, 6.45) is 0.747. The number of rotatable bonds is 4. The van der Waals surface area contributed by atoms with E-state index in [9.17, 15) is 9.59 Å². The van der Waals surface area contributed by atoms with Gasteiger partial charge in [-0.25, -0.2) is 0 Å². The van der Waals surface area contributed by atoms with Crippen molar-refractivity contribution in [3.8, 4) is 11.5 Å². The van der Waals surface area contributed by atoms with Gasteiger partial charge in [-0.1, -0.05) is 6.92 Å². The van der Waals surface area contributed by atoms with E-state index in [0.717, 1.165) is 12.1 Å². The molecule has 0 saturated carbocycles. The third-order valence-electron chi connectivity index (χ3n) is 3.44. The summed E-state index contributed by atoms with van der Waals surface area (Å²) in [5.74, 6) is 0.615. The van der Waals surface area contributed by atoms with Crippen LogP contribution in [0.1, 0.15) is 13.3 Å². The molecule has 2 heterocycles. The number of fused-ring (bicyclic) bond motifs is 2. The highest BCUT2D eigenvalue weighted by Gasteiger charge is 2.29. The predicted molar refractivity (Wildman–Crippen MR) is 79.5 cm³/mol. The Kier molecular flexibility index (Phi) is 4.04. The van der Waals surface area contributed by atoms with Crippen LogP contribution in [0.15, 0.2) is 12.1 Å². The first kappa shape index (κ1) is 14.5. The molecule has 7 heteroatoms. The molecule has 7 nitrogen and oxygen atoms in total. The lowest BCUT2D eigenvalue weighted by Crippen LogP contribution is -2.43. The molecule has 2 aliphatic rings. The fraction of sp³-hybridized carbons (Fsp3) is 0.467. The van der Waals surface area contributed by atoms with Crippen LogP contribution in [0.25, 0.3) is 0 Å². The van der Waals surface area contributed by atoms with Gasteiger partial charge < -0.3 is 19.5 Å². The Morgan fingerprint density at radius 3 is 2.77 bits per heavy atom. The van der Waals surface area contributed by atoms with Gasteiger partial charge in [-0.3, -0.25) is 14.5 Å². The molecule has 22 heavy (non-hydrogen) atoms. The standard InChI is InChI=1S/C15H18N2O5/c1-2-3-22-15(19)9-17-11-7-13-12(20-4-5-21-13)6-10(11)16-8-14(17)18/h6-7,16H,2-5,8-9H2,1H3. The molecule has 1 aromatic rings. The molecule has 3 rings (SSSR count). The minimum absolute atomic E-state index is 0.104. The number of esters is 1. The van der Waals surface area contributed by atoms with Crippen LogP contribution in [-0.4, -0.2) is 44.8 Å². The summed E-state index contributed by atoms with van der Waals surface area (Å²) in [5.41, 5.74) is 1.35. The van der Waals surface area contributed by atoms with Gasteiger partial charge in [-0.2, -0.15) is 0 Å². The fourth-order valence-electron chi connectivity index (χ4n) is 2.41. The number of benzene rings is 1. The molecule has 0 atom stereocenters. The molecule has 0 aliphatic carbocycles. The van der Waals surface area contributed by atoms with E-state index in [1.165, 1.54) is 4.90 Å². The van der Waals surface area contributed by atoms with Crippen molar-refractivity contribution in [2.24, 2.45) is 0 Å². The first-order chi connectivity index (χ1) is 10.7. The first-order valence-electron chi connectivity index (χ1n) is 7.32. The molecule has 0 spiro atoms. The number of carbonyl (C=O) groups is 2. The zero-order valence-corrected chi connectivity index (χ0v) is 12.4. The minimum Gasteiger partial charge on any atom is -0.486 e. The SMILES string of the molecule is CCCOC(=O)CN1C(=O)CNc2cc3c(cc21)OCCO3. The van der Waals surface area contributed by atoms with E-state index in [1.807, 2.05) is 6.92 Å². The summed E-state index contributed by atoms with van der Waals surface area (Å²) in [7, 11) is 0. The van der Waals surface area contributed by atoms with E-state index in [0.29, 0.717) is 37.0 Å². The Morgan fingerprint density at radius 1 is 1.32 bits per heavy atom. The summed E-state index contributed by atoms with van der Waals surface area (Å²) < 4.78 is 16.1. The van der Waals surface area contributed by atoms with Crippen LogP contribution in [0, 0.1) is 0 Å². The lowest BCUT2D eigenvalue weighted by Gasteiger charge is -2.31. The van der Waals surface area contributed by atoms with Crippen LogP contribution in [0.2, 0.25) is 0 Å². The van der Waals surface area contributed by atoms with Crippen molar-refractivity contribution in [2.45, 2.75) is 13.3 Å². The largest absolute Gasteiger partial charge is 0.486 e. The zero-order valence-electron chi connectivity index (χ0n) is 12.4. The van der Waals surface area contributed by atoms with Gasteiger partial charge in [-0.15, -0.1) is 0 Å². The van der Waals surface area contributed by atoms with Gasteiger partial charge in [0, 0.05) is 12.1 Å². The molecule has 0 radical (unpaired) electrons. The molecule has 1 N–H and O–H groups in total. The van der Waals surface area contributed by atoms with E-state index >= 15 is 0 Å². The third-order valence-corrected chi connectivity index (χ3v) is 3.44. The highest BCUT2D eigenvalue weighted by atomic mass is 16.6. The van der Waals surface area contributed by atoms with Gasteiger partial charge in [0.15, 0.2) is 11.5 Å². The maximum atomic E-state index is 12.1. The fourth-order valence-corrected chi connectivity index (χ4v) is 2.41. The first-order valence-corrected chi connectivity index (χ1v) is 7.32. The van der Waals surface area contributed by atoms with Crippen molar-refractivity contribution >= 4 is 23.3 Å². The maximum Gasteiger partial charge on any atom is 0.326 e. The maximum absolute atomic E-state index is 12.1. The van der Waals surface area contributed by atoms with Gasteiger partial charge >= 0.3 is 5.97 Å². The number of hydrogen-bond acceptors (Lipinski definition) is 6. The molecule has 0 fully saturated rings. The molecular formula is C15H18N2O5. The van der Waals surface area contributed by atoms with Gasteiger partial charge in [0.05, 0.1) is 24.5 Å². The van der Waals surface area contributed by atoms with Crippen LogP contribution in [-0.2, 0) is 14.3 Å². The summed E-state index contributed by atoms with van der Waals surface area (Å²) in [6.45, 7) is 3.26. The highest BCUT2D eigenvalue weighted by molar-refractivity contribution is 6.05. The smallest absolute Gasteiger partial charge is 0.326 e. The Labute approximate surface area is 128 Å². The number of carbonyl (C=O) groups excluding carboxylic acids is 2. The molecule has 118 valence electrons. The van der Waals surface area contributed by atoms with Gasteiger partial charge in [0.2, 0.25) is 5.91 Å². The average molecular weight is 306 g/mol. The van der Waals surface area contributed by atoms with Gasteiger partial charge in [0.25, 0.3) is 0 Å². The number of ether oxygens (including phenoxy) is 3. The third kappa shape index (κ3) is 2.79. The van der Waals surface area contributed by atoms with Gasteiger partial charge in [0.1, 0.15) is 19.8 Å². The topological polar surface area (TPSA) is 77.1 Å². The normalized spacial score (nSPS) is 15.9. The number of amides is 1. The van der Waals surface area contributed by atoms with E-state index < -0.39 is 5.97 Å². The molecule has 0 aromatic heterocycles. The minimum atomic E-state index is -0.419. The molecule has 1 amide bonds. The van der Waals surface area contributed by atoms with Crippen LogP contribution in [0.4, 0.5) is 11.4 Å². The average Bonchev–Trinajstić information content (AvgIpc) is 2.54. The summed E-state index contributed by atoms with van der Waals surface area (Å²) in [5, 5.41) is 3.03. The highest BCUT2D eigenvalue weighted by Crippen LogP contribution is 2.41. The second kappa shape index (κ2) is 6.13. The number of hydrogen-bond donors (Lipinski definition) is 1. The molecule has 2 aliphatic heterocycles. The summed E-state index contributed by atoms with van der Waals surface area (Å²) in [6, 6.07) is 3.52. The number of nitrogens with one attached hydrogen (secondary N) is 1. The molecular weight excluding hydrogens is 288 g/mol. The molecule has 0 bridgehead atoms. The van der Waals surface area contributed by atoms with Crippen molar-refractivity contribution < 1.29 is 23.8 Å². The van der Waals surface area contributed by atoms with Gasteiger partial charge in [-0.05, 0) is 6.42 Å². The van der Waals surface area contributed by atoms with Crippen LogP contribution in [0.3, 0.4) is 0 Å². The van der Waals surface area contributed by atoms with Crippen molar-refractivity contribution in [2.75, 3.05) is 43.1 Å². The molecule has 0 unspecified atom stereocenters. The second-order valence-electron chi connectivity index (χ2n) is 5.07. The van der Waals surface area contributed by atoms with E-state index in [4.69, 9.17) is 14.2 Å². The van der Waals surface area contributed by atoms with Crippen molar-refractivity contribution in [3.63, 3.8) is 0 Å². The van der Waals surface area contributed by atoms with E-state index in [1.54, 1.807) is 12.1 Å². The lowest BCUT2D eigenvalue weighted by atomic mass is 10.1. The monoisotopic (exact) mass is 306 g/mol. The van der Waals surface area contributed by atoms with Crippen LogP contribution in [0.5, 0.6) is 11.5 Å². The van der Waals surface area contributed by atoms with Crippen molar-refractivity contribution in [1.29, 1.82) is 0 Å². The predicted octanol–water partition coefficient (Wildman–Crippen LogP) is 1.17. The van der Waals surface area contributed by atoms with Crippen LogP contribution < -0.4 is 19.7 Å². The lowest BCUT2D eigenvalue weighted by molar-refractivity contribution is -0.142. The Bertz CT molecular complexity index is 602. The Balaban J connectivity index is 1.86. The van der Waals surface area contributed by atoms with Crippen molar-refractivity contribution in [3.05, 3.63) is 12.1 Å². The quantitative estimate of drug-likeness (QED) is 0.842. The summed E-state index contributed by atoms with van der Waals surface area (Å²) in [4.78, 5) is 25.4. The van der Waals surface area contributed by atoms with E-state index in [-0.39, 0.29) is 19.0 Å².